The molecule has 1 amide bonds. The lowest BCUT2D eigenvalue weighted by Gasteiger charge is -2.15. The van der Waals surface area contributed by atoms with Crippen LogP contribution < -0.4 is 10.5 Å². The van der Waals surface area contributed by atoms with Crippen molar-refractivity contribution in [2.45, 2.75) is 6.42 Å². The zero-order chi connectivity index (χ0) is 15.7. The quantitative estimate of drug-likeness (QED) is 0.551. The Morgan fingerprint density at radius 1 is 1.19 bits per heavy atom. The van der Waals surface area contributed by atoms with Gasteiger partial charge in [0.2, 0.25) is 0 Å². The highest BCUT2D eigenvalue weighted by molar-refractivity contribution is 5.97. The smallest absolute Gasteiger partial charge is 0.257 e. The molecule has 118 valence electrons. The van der Waals surface area contributed by atoms with Gasteiger partial charge in [-0.15, -0.1) is 0 Å². The lowest BCUT2D eigenvalue weighted by molar-refractivity contribution is 0.0771. The van der Waals surface area contributed by atoms with Gasteiger partial charge in [-0.05, 0) is 18.6 Å². The average molecular weight is 296 g/mol. The van der Waals surface area contributed by atoms with E-state index >= 15 is 0 Å². The molecule has 0 saturated carbocycles. The zero-order valence-electron chi connectivity index (χ0n) is 12.9. The van der Waals surface area contributed by atoms with Gasteiger partial charge in [0.15, 0.2) is 0 Å². The minimum atomic E-state index is -0.119. The number of hydrogen-bond donors (Lipinski definition) is 1. The number of nitrogens with two attached hydrogens (primary N) is 1. The Labute approximate surface area is 125 Å². The highest BCUT2D eigenvalue weighted by Crippen LogP contribution is 2.22. The first-order valence-electron chi connectivity index (χ1n) is 6.87. The maximum Gasteiger partial charge on any atom is 0.257 e. The van der Waals surface area contributed by atoms with Crippen molar-refractivity contribution in [3.05, 3.63) is 23.8 Å². The van der Waals surface area contributed by atoms with Crippen molar-refractivity contribution in [3.63, 3.8) is 0 Å². The van der Waals surface area contributed by atoms with Crippen molar-refractivity contribution in [2.75, 3.05) is 53.4 Å². The van der Waals surface area contributed by atoms with E-state index in [1.807, 2.05) is 0 Å². The minimum absolute atomic E-state index is 0.119. The predicted molar refractivity (Wildman–Crippen MR) is 81.7 cm³/mol. The molecule has 6 nitrogen and oxygen atoms in total. The van der Waals surface area contributed by atoms with E-state index in [0.717, 1.165) is 6.42 Å². The molecule has 1 aromatic rings. The molecule has 0 radical (unpaired) electrons. The second kappa shape index (κ2) is 9.20. The van der Waals surface area contributed by atoms with Crippen LogP contribution in [0.2, 0.25) is 0 Å². The summed E-state index contributed by atoms with van der Waals surface area (Å²) < 4.78 is 15.9. The van der Waals surface area contributed by atoms with E-state index in [1.54, 1.807) is 39.4 Å². The number of ether oxygens (including phenoxy) is 3. The van der Waals surface area contributed by atoms with Crippen molar-refractivity contribution in [1.29, 1.82) is 0 Å². The number of benzene rings is 1. The maximum absolute atomic E-state index is 12.0. The fourth-order valence-electron chi connectivity index (χ4n) is 1.69. The predicted octanol–water partition coefficient (Wildman–Crippen LogP) is 1.40. The molecule has 1 aromatic carbocycles. The molecule has 0 saturated heterocycles. The van der Waals surface area contributed by atoms with Gasteiger partial charge in [0.05, 0.1) is 12.2 Å². The minimum Gasteiger partial charge on any atom is -0.490 e. The molecule has 0 unspecified atom stereocenters. The lowest BCUT2D eigenvalue weighted by atomic mass is 10.1. The van der Waals surface area contributed by atoms with Gasteiger partial charge in [-0.1, -0.05) is 0 Å². The number of nitrogens with zero attached hydrogens (tertiary/aromatic N) is 1. The topological polar surface area (TPSA) is 74.0 Å². The second-order valence-electron chi connectivity index (χ2n) is 4.76. The fourth-order valence-corrected chi connectivity index (χ4v) is 1.69. The van der Waals surface area contributed by atoms with Gasteiger partial charge < -0.3 is 24.8 Å². The first-order chi connectivity index (χ1) is 10.1. The average Bonchev–Trinajstić information content (AvgIpc) is 2.45. The maximum atomic E-state index is 12.0. The lowest BCUT2D eigenvalue weighted by Crippen LogP contribution is -2.23. The molecule has 21 heavy (non-hydrogen) atoms. The zero-order valence-corrected chi connectivity index (χ0v) is 12.9. The molecule has 0 aliphatic heterocycles. The van der Waals surface area contributed by atoms with Crippen LogP contribution in [0, 0.1) is 0 Å². The number of methoxy groups -OCH3 is 1. The third kappa shape index (κ3) is 6.01. The van der Waals surface area contributed by atoms with E-state index in [0.29, 0.717) is 43.4 Å². The fraction of sp³-hybridized carbons (Fsp3) is 0.533. The van der Waals surface area contributed by atoms with Gasteiger partial charge in [-0.2, -0.15) is 0 Å². The van der Waals surface area contributed by atoms with E-state index in [9.17, 15) is 4.79 Å². The molecule has 0 aliphatic carbocycles. The number of carbonyl (C=O) groups excluding carboxylic acids is 1. The van der Waals surface area contributed by atoms with Crippen LogP contribution in [0.4, 0.5) is 5.69 Å². The van der Waals surface area contributed by atoms with Crippen LogP contribution in [0.1, 0.15) is 16.8 Å². The molecule has 0 fully saturated rings. The van der Waals surface area contributed by atoms with Gasteiger partial charge in [-0.25, -0.2) is 0 Å². The van der Waals surface area contributed by atoms with Crippen LogP contribution in [0.25, 0.3) is 0 Å². The van der Waals surface area contributed by atoms with Crippen LogP contribution in [0.15, 0.2) is 18.2 Å². The molecule has 1 rings (SSSR count). The van der Waals surface area contributed by atoms with E-state index in [1.165, 1.54) is 4.90 Å². The molecule has 0 bridgehead atoms. The van der Waals surface area contributed by atoms with Crippen molar-refractivity contribution in [1.82, 2.24) is 4.90 Å². The van der Waals surface area contributed by atoms with Crippen LogP contribution in [-0.2, 0) is 9.47 Å². The molecule has 2 N–H and O–H groups in total. The highest BCUT2D eigenvalue weighted by atomic mass is 16.5. The summed E-state index contributed by atoms with van der Waals surface area (Å²) in [6, 6.07) is 5.01. The van der Waals surface area contributed by atoms with Crippen LogP contribution in [0.3, 0.4) is 0 Å². The standard InChI is InChI=1S/C15H24N2O4/c1-17(2)15(18)13-6-5-12(16)11-14(13)21-10-9-20-8-4-7-19-3/h5-6,11H,4,7-10,16H2,1-3H3. The number of anilines is 1. The molecule has 0 heterocycles. The summed E-state index contributed by atoms with van der Waals surface area (Å²) in [5, 5.41) is 0. The number of rotatable bonds is 9. The van der Waals surface area contributed by atoms with Gasteiger partial charge >= 0.3 is 0 Å². The highest BCUT2D eigenvalue weighted by Gasteiger charge is 2.14. The Balaban J connectivity index is 2.50. The number of nitrogen functional groups attached to an aromatic ring is 1. The van der Waals surface area contributed by atoms with Crippen molar-refractivity contribution in [2.24, 2.45) is 0 Å². The molecular weight excluding hydrogens is 272 g/mol. The summed E-state index contributed by atoms with van der Waals surface area (Å²) in [6.07, 6.45) is 0.846. The largest absolute Gasteiger partial charge is 0.490 e. The van der Waals surface area contributed by atoms with Crippen molar-refractivity contribution in [3.8, 4) is 5.75 Å². The monoisotopic (exact) mass is 296 g/mol. The summed E-state index contributed by atoms with van der Waals surface area (Å²) in [5.74, 6) is 0.361. The second-order valence-corrected chi connectivity index (χ2v) is 4.76. The molecular formula is C15H24N2O4. The van der Waals surface area contributed by atoms with Gasteiger partial charge in [0.1, 0.15) is 12.4 Å². The van der Waals surface area contributed by atoms with E-state index < -0.39 is 0 Å². The van der Waals surface area contributed by atoms with Gasteiger partial charge in [0.25, 0.3) is 5.91 Å². The van der Waals surface area contributed by atoms with Gasteiger partial charge in [-0.3, -0.25) is 4.79 Å². The van der Waals surface area contributed by atoms with Crippen molar-refractivity contribution >= 4 is 11.6 Å². The van der Waals surface area contributed by atoms with E-state index in [2.05, 4.69) is 0 Å². The Morgan fingerprint density at radius 3 is 2.62 bits per heavy atom. The van der Waals surface area contributed by atoms with Crippen LogP contribution in [0.5, 0.6) is 5.75 Å². The van der Waals surface area contributed by atoms with Crippen LogP contribution >= 0.6 is 0 Å². The number of amides is 1. The molecule has 6 heteroatoms. The number of hydrogen-bond acceptors (Lipinski definition) is 5. The summed E-state index contributed by atoms with van der Waals surface area (Å²) in [7, 11) is 5.05. The summed E-state index contributed by atoms with van der Waals surface area (Å²) >= 11 is 0. The third-order valence-corrected chi connectivity index (χ3v) is 2.76. The first-order valence-corrected chi connectivity index (χ1v) is 6.87. The molecule has 0 aliphatic rings. The van der Waals surface area contributed by atoms with E-state index in [-0.39, 0.29) is 5.91 Å². The van der Waals surface area contributed by atoms with E-state index in [4.69, 9.17) is 19.9 Å². The molecule has 0 atom stereocenters. The summed E-state index contributed by atoms with van der Waals surface area (Å²) in [6.45, 7) is 2.12. The van der Waals surface area contributed by atoms with Gasteiger partial charge in [0, 0.05) is 46.2 Å². The third-order valence-electron chi connectivity index (χ3n) is 2.76. The Morgan fingerprint density at radius 2 is 1.95 bits per heavy atom. The van der Waals surface area contributed by atoms with Crippen molar-refractivity contribution < 1.29 is 19.0 Å². The Kier molecular flexibility index (Phi) is 7.56. The first kappa shape index (κ1) is 17.3. The Bertz CT molecular complexity index is 449. The number of carbonyl (C=O) groups is 1. The summed E-state index contributed by atoms with van der Waals surface area (Å²) in [5.41, 5.74) is 6.79. The Hall–Kier alpha value is -1.79. The normalized spacial score (nSPS) is 10.4. The molecule has 0 spiro atoms. The van der Waals surface area contributed by atoms with Crippen LogP contribution in [-0.4, -0.2) is 58.4 Å². The molecule has 0 aromatic heterocycles. The summed E-state index contributed by atoms with van der Waals surface area (Å²) in [4.78, 5) is 13.5. The SMILES string of the molecule is COCCCOCCOc1cc(N)ccc1C(=O)N(C)C.